The van der Waals surface area contributed by atoms with Crippen LogP contribution in [0, 0.1) is 5.41 Å². The molecule has 0 aromatic rings. The first-order chi connectivity index (χ1) is 8.33. The molecule has 0 aromatic heterocycles. The molecule has 0 aromatic carbocycles. The molecule has 0 radical (unpaired) electrons. The Kier molecular flexibility index (Phi) is 7.92. The van der Waals surface area contributed by atoms with Gasteiger partial charge in [-0.05, 0) is 37.6 Å². The summed E-state index contributed by atoms with van der Waals surface area (Å²) in [5.41, 5.74) is 0.735. The van der Waals surface area contributed by atoms with Crippen molar-refractivity contribution in [2.24, 2.45) is 5.41 Å². The Labute approximate surface area is 109 Å². The lowest BCUT2D eigenvalue weighted by molar-refractivity contribution is 0.403. The Morgan fingerprint density at radius 1 is 0.824 bits per heavy atom. The lowest BCUT2D eigenvalue weighted by Gasteiger charge is -2.15. The van der Waals surface area contributed by atoms with Gasteiger partial charge in [0.05, 0.1) is 0 Å². The van der Waals surface area contributed by atoms with Gasteiger partial charge >= 0.3 is 0 Å². The molecule has 1 aliphatic rings. The monoisotopic (exact) mass is 239 g/mol. The van der Waals surface area contributed by atoms with E-state index in [2.05, 4.69) is 19.2 Å². The predicted molar refractivity (Wildman–Crippen MR) is 77.4 cm³/mol. The summed E-state index contributed by atoms with van der Waals surface area (Å²) in [5.74, 6) is 0. The summed E-state index contributed by atoms with van der Waals surface area (Å²) in [7, 11) is 0. The molecule has 0 saturated heterocycles. The van der Waals surface area contributed by atoms with Crippen LogP contribution in [0.2, 0.25) is 0 Å². The van der Waals surface area contributed by atoms with E-state index in [0.717, 1.165) is 5.41 Å². The molecule has 1 fully saturated rings. The third-order valence-electron chi connectivity index (χ3n) is 4.19. The molecule has 1 nitrogen and oxygen atoms in total. The van der Waals surface area contributed by atoms with Gasteiger partial charge in [-0.15, -0.1) is 0 Å². The molecule has 0 bridgehead atoms. The van der Waals surface area contributed by atoms with Gasteiger partial charge in [0.2, 0.25) is 0 Å². The van der Waals surface area contributed by atoms with E-state index in [1.165, 1.54) is 83.7 Å². The van der Waals surface area contributed by atoms with Gasteiger partial charge in [-0.2, -0.15) is 0 Å². The van der Waals surface area contributed by atoms with E-state index in [4.69, 9.17) is 0 Å². The largest absolute Gasteiger partial charge is 0.316 e. The molecular formula is C16H33N. The Morgan fingerprint density at radius 3 is 2.06 bits per heavy atom. The topological polar surface area (TPSA) is 12.0 Å². The molecule has 1 saturated carbocycles. The van der Waals surface area contributed by atoms with Crippen molar-refractivity contribution in [3.63, 3.8) is 0 Å². The third kappa shape index (κ3) is 7.08. The van der Waals surface area contributed by atoms with Crippen LogP contribution in [0.4, 0.5) is 0 Å². The standard InChI is InChI=1S/C16H33N/c1-3-5-6-7-8-9-10-11-16(12-13-16)15-17-14-4-2/h17H,3-15H2,1-2H3. The first kappa shape index (κ1) is 15.0. The van der Waals surface area contributed by atoms with Crippen LogP contribution in [0.15, 0.2) is 0 Å². The van der Waals surface area contributed by atoms with Crippen LogP contribution in [-0.4, -0.2) is 13.1 Å². The molecule has 0 spiro atoms. The summed E-state index contributed by atoms with van der Waals surface area (Å²) >= 11 is 0. The zero-order chi connectivity index (χ0) is 12.4. The molecule has 0 atom stereocenters. The van der Waals surface area contributed by atoms with E-state index >= 15 is 0 Å². The predicted octanol–water partition coefficient (Wildman–Crippen LogP) is 4.91. The number of rotatable bonds is 12. The van der Waals surface area contributed by atoms with Crippen LogP contribution in [0.3, 0.4) is 0 Å². The highest BCUT2D eigenvalue weighted by Gasteiger charge is 2.40. The number of hydrogen-bond acceptors (Lipinski definition) is 1. The first-order valence-corrected chi connectivity index (χ1v) is 8.04. The fourth-order valence-corrected chi connectivity index (χ4v) is 2.68. The molecule has 1 aliphatic carbocycles. The lowest BCUT2D eigenvalue weighted by Crippen LogP contribution is -2.24. The van der Waals surface area contributed by atoms with Crippen molar-refractivity contribution in [2.45, 2.75) is 84.5 Å². The third-order valence-corrected chi connectivity index (χ3v) is 4.19. The summed E-state index contributed by atoms with van der Waals surface area (Å²) < 4.78 is 0. The van der Waals surface area contributed by atoms with E-state index in [1.807, 2.05) is 0 Å². The van der Waals surface area contributed by atoms with Gasteiger partial charge in [-0.25, -0.2) is 0 Å². The average molecular weight is 239 g/mol. The number of unbranched alkanes of at least 4 members (excludes halogenated alkanes) is 6. The normalized spacial score (nSPS) is 17.3. The van der Waals surface area contributed by atoms with Gasteiger partial charge in [0.25, 0.3) is 0 Å². The minimum Gasteiger partial charge on any atom is -0.316 e. The average Bonchev–Trinajstić information content (AvgIpc) is 3.09. The van der Waals surface area contributed by atoms with E-state index in [1.54, 1.807) is 0 Å². The van der Waals surface area contributed by atoms with Crippen LogP contribution in [0.1, 0.15) is 84.5 Å². The van der Waals surface area contributed by atoms with Gasteiger partial charge in [0.15, 0.2) is 0 Å². The smallest absolute Gasteiger partial charge is 0.000781 e. The van der Waals surface area contributed by atoms with E-state index in [-0.39, 0.29) is 0 Å². The second kappa shape index (κ2) is 8.97. The first-order valence-electron chi connectivity index (χ1n) is 8.04. The summed E-state index contributed by atoms with van der Waals surface area (Å²) in [6.45, 7) is 7.04. The van der Waals surface area contributed by atoms with Crippen molar-refractivity contribution < 1.29 is 0 Å². The highest BCUT2D eigenvalue weighted by molar-refractivity contribution is 4.94. The molecule has 0 amide bonds. The highest BCUT2D eigenvalue weighted by Crippen LogP contribution is 2.49. The number of hydrogen-bond donors (Lipinski definition) is 1. The second-order valence-electron chi connectivity index (χ2n) is 6.05. The maximum Gasteiger partial charge on any atom is 0.000781 e. The highest BCUT2D eigenvalue weighted by atomic mass is 14.9. The molecule has 1 N–H and O–H groups in total. The quantitative estimate of drug-likeness (QED) is 0.477. The van der Waals surface area contributed by atoms with E-state index < -0.39 is 0 Å². The molecule has 0 aliphatic heterocycles. The summed E-state index contributed by atoms with van der Waals surface area (Å²) in [4.78, 5) is 0. The maximum absolute atomic E-state index is 3.61. The minimum absolute atomic E-state index is 0.735. The zero-order valence-electron chi connectivity index (χ0n) is 12.2. The molecule has 0 unspecified atom stereocenters. The van der Waals surface area contributed by atoms with Crippen molar-refractivity contribution in [2.75, 3.05) is 13.1 Å². The van der Waals surface area contributed by atoms with Gasteiger partial charge in [-0.3, -0.25) is 0 Å². The molecule has 102 valence electrons. The molecule has 17 heavy (non-hydrogen) atoms. The fraction of sp³-hybridized carbons (Fsp3) is 1.00. The molecular weight excluding hydrogens is 206 g/mol. The van der Waals surface area contributed by atoms with E-state index in [9.17, 15) is 0 Å². The Morgan fingerprint density at radius 2 is 1.47 bits per heavy atom. The van der Waals surface area contributed by atoms with Crippen molar-refractivity contribution in [1.29, 1.82) is 0 Å². The van der Waals surface area contributed by atoms with Crippen molar-refractivity contribution >= 4 is 0 Å². The van der Waals surface area contributed by atoms with Crippen LogP contribution >= 0.6 is 0 Å². The van der Waals surface area contributed by atoms with Crippen LogP contribution in [0.5, 0.6) is 0 Å². The van der Waals surface area contributed by atoms with E-state index in [0.29, 0.717) is 0 Å². The summed E-state index contributed by atoms with van der Waals surface area (Å²) in [5, 5.41) is 3.61. The Hall–Kier alpha value is -0.0400. The second-order valence-corrected chi connectivity index (χ2v) is 6.05. The summed E-state index contributed by atoms with van der Waals surface area (Å²) in [6, 6.07) is 0. The van der Waals surface area contributed by atoms with Gasteiger partial charge in [0, 0.05) is 6.54 Å². The maximum atomic E-state index is 3.61. The molecule has 1 heteroatoms. The minimum atomic E-state index is 0.735. The Bertz CT molecular complexity index is 172. The van der Waals surface area contributed by atoms with Crippen LogP contribution in [0.25, 0.3) is 0 Å². The van der Waals surface area contributed by atoms with Crippen molar-refractivity contribution in [1.82, 2.24) is 5.32 Å². The molecule has 0 heterocycles. The Balaban J connectivity index is 1.88. The van der Waals surface area contributed by atoms with Crippen LogP contribution in [-0.2, 0) is 0 Å². The summed E-state index contributed by atoms with van der Waals surface area (Å²) in [6.07, 6.45) is 15.9. The van der Waals surface area contributed by atoms with Crippen LogP contribution < -0.4 is 5.32 Å². The number of nitrogens with one attached hydrogen (secondary N) is 1. The molecule has 1 rings (SSSR count). The van der Waals surface area contributed by atoms with Crippen molar-refractivity contribution in [3.8, 4) is 0 Å². The SMILES string of the molecule is CCCCCCCCCC1(CNCCC)CC1. The fourth-order valence-electron chi connectivity index (χ4n) is 2.68. The lowest BCUT2D eigenvalue weighted by atomic mass is 9.97. The zero-order valence-corrected chi connectivity index (χ0v) is 12.2. The van der Waals surface area contributed by atoms with Gasteiger partial charge < -0.3 is 5.32 Å². The van der Waals surface area contributed by atoms with Gasteiger partial charge in [-0.1, -0.05) is 58.8 Å². The van der Waals surface area contributed by atoms with Gasteiger partial charge in [0.1, 0.15) is 0 Å². The van der Waals surface area contributed by atoms with Crippen molar-refractivity contribution in [3.05, 3.63) is 0 Å².